The fourth-order valence-corrected chi connectivity index (χ4v) is 2.68. The minimum atomic E-state index is -0.00204. The Hall–Kier alpha value is -0.0800. The summed E-state index contributed by atoms with van der Waals surface area (Å²) in [6.45, 7) is 17.0. The van der Waals surface area contributed by atoms with Crippen LogP contribution >= 0.6 is 0 Å². The first-order valence-corrected chi connectivity index (χ1v) is 7.42. The van der Waals surface area contributed by atoms with Crippen molar-refractivity contribution in [3.8, 4) is 0 Å². The number of hydrogen-bond acceptors (Lipinski definition) is 2. The van der Waals surface area contributed by atoms with Gasteiger partial charge in [-0.25, -0.2) is 0 Å². The van der Waals surface area contributed by atoms with Crippen molar-refractivity contribution in [2.24, 2.45) is 23.2 Å². The van der Waals surface area contributed by atoms with Gasteiger partial charge in [0.05, 0.1) is 13.2 Å². The molecule has 0 aromatic heterocycles. The SMILES string of the molecule is [CH2]CC(CC)C(C)C(C)CC1OCC(C)(C)CO1. The van der Waals surface area contributed by atoms with Crippen LogP contribution < -0.4 is 0 Å². The Labute approximate surface area is 113 Å². The van der Waals surface area contributed by atoms with E-state index in [0.29, 0.717) is 11.8 Å². The van der Waals surface area contributed by atoms with Crippen LogP contribution in [0.2, 0.25) is 0 Å². The lowest BCUT2D eigenvalue weighted by molar-refractivity contribution is -0.229. The van der Waals surface area contributed by atoms with Gasteiger partial charge in [-0.15, -0.1) is 0 Å². The van der Waals surface area contributed by atoms with E-state index < -0.39 is 0 Å². The van der Waals surface area contributed by atoms with Crippen molar-refractivity contribution in [3.05, 3.63) is 6.92 Å². The maximum absolute atomic E-state index is 5.82. The first-order valence-electron chi connectivity index (χ1n) is 7.42. The number of hydrogen-bond donors (Lipinski definition) is 0. The Morgan fingerprint density at radius 1 is 1.22 bits per heavy atom. The molecule has 1 aliphatic rings. The van der Waals surface area contributed by atoms with Gasteiger partial charge in [-0.1, -0.05) is 54.4 Å². The van der Waals surface area contributed by atoms with Crippen LogP contribution in [0.15, 0.2) is 0 Å². The average molecular weight is 255 g/mol. The van der Waals surface area contributed by atoms with E-state index in [4.69, 9.17) is 9.47 Å². The standard InChI is InChI=1S/C16H31O2/c1-7-14(8-2)13(4)12(3)9-15-17-10-16(5,6)11-18-15/h12-15H,1,7-11H2,2-6H3. The Kier molecular flexibility index (Phi) is 6.13. The van der Waals surface area contributed by atoms with E-state index in [9.17, 15) is 0 Å². The molecule has 1 heterocycles. The van der Waals surface area contributed by atoms with Gasteiger partial charge in [0, 0.05) is 11.8 Å². The molecule has 0 aromatic carbocycles. The van der Waals surface area contributed by atoms with Crippen molar-refractivity contribution >= 4 is 0 Å². The van der Waals surface area contributed by atoms with Gasteiger partial charge in [0.15, 0.2) is 6.29 Å². The molecule has 2 nitrogen and oxygen atoms in total. The second-order valence-corrected chi connectivity index (χ2v) is 6.74. The molecule has 0 spiro atoms. The van der Waals surface area contributed by atoms with Crippen LogP contribution in [0.3, 0.4) is 0 Å². The Morgan fingerprint density at radius 3 is 2.22 bits per heavy atom. The second kappa shape index (κ2) is 6.91. The Balaban J connectivity index is 2.38. The van der Waals surface area contributed by atoms with Crippen LogP contribution in [0, 0.1) is 30.1 Å². The summed E-state index contributed by atoms with van der Waals surface area (Å²) in [5.41, 5.74) is 0.171. The topological polar surface area (TPSA) is 18.5 Å². The third-order valence-electron chi connectivity index (χ3n) is 4.42. The van der Waals surface area contributed by atoms with E-state index in [2.05, 4.69) is 41.5 Å². The van der Waals surface area contributed by atoms with Crippen LogP contribution in [0.1, 0.15) is 53.9 Å². The third kappa shape index (κ3) is 4.55. The van der Waals surface area contributed by atoms with Gasteiger partial charge >= 0.3 is 0 Å². The molecule has 0 N–H and O–H groups in total. The fourth-order valence-electron chi connectivity index (χ4n) is 2.68. The zero-order valence-corrected chi connectivity index (χ0v) is 12.9. The van der Waals surface area contributed by atoms with E-state index in [-0.39, 0.29) is 11.7 Å². The van der Waals surface area contributed by atoms with Crippen molar-refractivity contribution in [1.29, 1.82) is 0 Å². The third-order valence-corrected chi connectivity index (χ3v) is 4.42. The van der Waals surface area contributed by atoms with E-state index in [0.717, 1.165) is 32.0 Å². The van der Waals surface area contributed by atoms with E-state index >= 15 is 0 Å². The van der Waals surface area contributed by atoms with Crippen LogP contribution in [0.25, 0.3) is 0 Å². The summed E-state index contributed by atoms with van der Waals surface area (Å²) in [6, 6.07) is 0. The molecule has 1 fully saturated rings. The van der Waals surface area contributed by atoms with Crippen molar-refractivity contribution in [1.82, 2.24) is 0 Å². The molecule has 0 saturated carbocycles. The number of rotatable bonds is 6. The summed E-state index contributed by atoms with van der Waals surface area (Å²) in [5.74, 6) is 2.04. The largest absolute Gasteiger partial charge is 0.352 e. The van der Waals surface area contributed by atoms with Gasteiger partial charge < -0.3 is 9.47 Å². The zero-order chi connectivity index (χ0) is 13.8. The van der Waals surface area contributed by atoms with Crippen molar-refractivity contribution in [3.63, 3.8) is 0 Å². The molecule has 107 valence electrons. The summed E-state index contributed by atoms with van der Waals surface area (Å²) >= 11 is 0. The fraction of sp³-hybridized carbons (Fsp3) is 0.938. The smallest absolute Gasteiger partial charge is 0.157 e. The average Bonchev–Trinajstić information content (AvgIpc) is 2.33. The molecular formula is C16H31O2. The highest BCUT2D eigenvalue weighted by molar-refractivity contribution is 4.75. The van der Waals surface area contributed by atoms with Gasteiger partial charge in [0.1, 0.15) is 0 Å². The van der Waals surface area contributed by atoms with Gasteiger partial charge in [-0.2, -0.15) is 0 Å². The van der Waals surface area contributed by atoms with Crippen LogP contribution in [-0.2, 0) is 9.47 Å². The first kappa shape index (κ1) is 16.0. The molecule has 3 unspecified atom stereocenters. The highest BCUT2D eigenvalue weighted by Crippen LogP contribution is 2.32. The summed E-state index contributed by atoms with van der Waals surface area (Å²) in [5, 5.41) is 0. The lowest BCUT2D eigenvalue weighted by atomic mass is 9.79. The lowest BCUT2D eigenvalue weighted by Crippen LogP contribution is -2.39. The van der Waals surface area contributed by atoms with Gasteiger partial charge in [-0.05, 0) is 17.8 Å². The normalized spacial score (nSPS) is 24.2. The summed E-state index contributed by atoms with van der Waals surface area (Å²) < 4.78 is 11.6. The minimum absolute atomic E-state index is 0.00204. The Morgan fingerprint density at radius 2 is 1.78 bits per heavy atom. The molecule has 1 aliphatic heterocycles. The van der Waals surface area contributed by atoms with Crippen LogP contribution in [0.4, 0.5) is 0 Å². The van der Waals surface area contributed by atoms with E-state index in [1.54, 1.807) is 0 Å². The van der Waals surface area contributed by atoms with Gasteiger partial charge in [0.25, 0.3) is 0 Å². The molecule has 3 atom stereocenters. The Bertz CT molecular complexity index is 223. The quantitative estimate of drug-likeness (QED) is 0.704. The van der Waals surface area contributed by atoms with Crippen molar-refractivity contribution < 1.29 is 9.47 Å². The van der Waals surface area contributed by atoms with Crippen molar-refractivity contribution in [2.45, 2.75) is 60.2 Å². The molecule has 0 bridgehead atoms. The zero-order valence-electron chi connectivity index (χ0n) is 12.9. The van der Waals surface area contributed by atoms with Gasteiger partial charge in [0.2, 0.25) is 0 Å². The van der Waals surface area contributed by atoms with Crippen LogP contribution in [0.5, 0.6) is 0 Å². The number of ether oxygens (including phenoxy) is 2. The maximum atomic E-state index is 5.82. The monoisotopic (exact) mass is 255 g/mol. The molecule has 1 radical (unpaired) electrons. The molecule has 0 amide bonds. The van der Waals surface area contributed by atoms with E-state index in [1.807, 2.05) is 0 Å². The predicted molar refractivity (Wildman–Crippen MR) is 76.2 cm³/mol. The highest BCUT2D eigenvalue weighted by atomic mass is 16.7. The lowest BCUT2D eigenvalue weighted by Gasteiger charge is -2.37. The maximum Gasteiger partial charge on any atom is 0.157 e. The predicted octanol–water partition coefficient (Wildman–Crippen LogP) is 4.30. The van der Waals surface area contributed by atoms with Gasteiger partial charge in [-0.3, -0.25) is 0 Å². The summed E-state index contributed by atoms with van der Waals surface area (Å²) in [6.07, 6.45) is 3.25. The van der Waals surface area contributed by atoms with Crippen LogP contribution in [-0.4, -0.2) is 19.5 Å². The molecule has 18 heavy (non-hydrogen) atoms. The second-order valence-electron chi connectivity index (χ2n) is 6.74. The summed E-state index contributed by atoms with van der Waals surface area (Å²) in [7, 11) is 0. The first-order chi connectivity index (χ1) is 8.39. The molecule has 2 heteroatoms. The van der Waals surface area contributed by atoms with E-state index in [1.165, 1.54) is 6.42 Å². The molecular weight excluding hydrogens is 224 g/mol. The minimum Gasteiger partial charge on any atom is -0.352 e. The summed E-state index contributed by atoms with van der Waals surface area (Å²) in [4.78, 5) is 0. The molecule has 0 aliphatic carbocycles. The van der Waals surface area contributed by atoms with Crippen molar-refractivity contribution in [2.75, 3.05) is 13.2 Å². The highest BCUT2D eigenvalue weighted by Gasteiger charge is 2.30. The molecule has 0 aromatic rings. The molecule has 1 saturated heterocycles. The molecule has 1 rings (SSSR count).